The van der Waals surface area contributed by atoms with Crippen molar-refractivity contribution in [2.45, 2.75) is 33.2 Å². The highest BCUT2D eigenvalue weighted by Crippen LogP contribution is 2.23. The number of benzene rings is 1. The van der Waals surface area contributed by atoms with Gasteiger partial charge in [0.2, 0.25) is 5.96 Å². The van der Waals surface area contributed by atoms with Crippen LogP contribution in [0.15, 0.2) is 40.3 Å². The normalized spacial score (nSPS) is 15.5. The third-order valence-corrected chi connectivity index (χ3v) is 4.25. The molecule has 0 bridgehead atoms. The number of aryl methyl sites for hydroxylation is 1. The highest BCUT2D eigenvalue weighted by Gasteiger charge is 2.15. The van der Waals surface area contributed by atoms with E-state index in [1.165, 1.54) is 0 Å². The van der Waals surface area contributed by atoms with Crippen molar-refractivity contribution in [3.05, 3.63) is 36.0 Å². The minimum atomic E-state index is -0.197. The van der Waals surface area contributed by atoms with Gasteiger partial charge in [0, 0.05) is 16.8 Å². The molecule has 1 aliphatic heterocycles. The van der Waals surface area contributed by atoms with Crippen molar-refractivity contribution in [1.29, 1.82) is 0 Å². The highest BCUT2D eigenvalue weighted by molar-refractivity contribution is 8.14. The van der Waals surface area contributed by atoms with E-state index in [0.29, 0.717) is 5.96 Å². The van der Waals surface area contributed by atoms with E-state index in [9.17, 15) is 0 Å². The fourth-order valence-electron chi connectivity index (χ4n) is 2.47. The number of pyridine rings is 1. The van der Waals surface area contributed by atoms with Crippen LogP contribution in [-0.2, 0) is 0 Å². The number of nitrogens with zero attached hydrogens (tertiary/aromatic N) is 3. The summed E-state index contributed by atoms with van der Waals surface area (Å²) in [6.07, 6.45) is 0. The third kappa shape index (κ3) is 4.26. The number of para-hydroxylation sites is 1. The summed E-state index contributed by atoms with van der Waals surface area (Å²) in [5, 5.41) is 8.78. The van der Waals surface area contributed by atoms with Gasteiger partial charge in [-0.2, -0.15) is 0 Å². The number of thioether (sulfide) groups is 1. The van der Waals surface area contributed by atoms with Crippen LogP contribution in [0.5, 0.6) is 0 Å². The lowest BCUT2D eigenvalue weighted by atomic mass is 10.1. The third-order valence-electron chi connectivity index (χ3n) is 3.36. The molecule has 0 unspecified atom stereocenters. The Hall–Kier alpha value is -2.08. The summed E-state index contributed by atoms with van der Waals surface area (Å²) in [4.78, 5) is 13.8. The molecule has 2 aromatic rings. The summed E-state index contributed by atoms with van der Waals surface area (Å²) in [6, 6.07) is 10.2. The number of anilines is 1. The zero-order valence-corrected chi connectivity index (χ0v) is 15.4. The topological polar surface area (TPSA) is 61.7 Å². The molecule has 0 saturated heterocycles. The molecule has 0 saturated carbocycles. The predicted octanol–water partition coefficient (Wildman–Crippen LogP) is 3.80. The Balaban J connectivity index is 1.96. The number of rotatable bonds is 1. The fraction of sp³-hybridized carbons (Fsp3) is 0.389. The zero-order chi connectivity index (χ0) is 17.2. The van der Waals surface area contributed by atoms with Crippen LogP contribution in [0.25, 0.3) is 10.9 Å². The number of hydrogen-bond donors (Lipinski definition) is 2. The largest absolute Gasteiger partial charge is 0.325 e. The van der Waals surface area contributed by atoms with Crippen molar-refractivity contribution in [3.8, 4) is 0 Å². The summed E-state index contributed by atoms with van der Waals surface area (Å²) < 4.78 is 0. The molecule has 0 radical (unpaired) electrons. The van der Waals surface area contributed by atoms with Gasteiger partial charge in [-0.05, 0) is 39.8 Å². The summed E-state index contributed by atoms with van der Waals surface area (Å²) in [7, 11) is 0. The molecule has 0 amide bonds. The smallest absolute Gasteiger partial charge is 0.202 e. The van der Waals surface area contributed by atoms with Crippen LogP contribution in [-0.4, -0.2) is 33.9 Å². The van der Waals surface area contributed by atoms with Crippen molar-refractivity contribution in [2.24, 2.45) is 9.98 Å². The molecule has 126 valence electrons. The Morgan fingerprint density at radius 3 is 2.71 bits per heavy atom. The van der Waals surface area contributed by atoms with Crippen LogP contribution in [0.4, 0.5) is 5.69 Å². The van der Waals surface area contributed by atoms with Gasteiger partial charge in [0.25, 0.3) is 0 Å². The summed E-state index contributed by atoms with van der Waals surface area (Å²) in [5.41, 5.74) is 2.75. The molecule has 5 nitrogen and oxygen atoms in total. The molecular weight excluding hydrogens is 318 g/mol. The van der Waals surface area contributed by atoms with Crippen LogP contribution >= 0.6 is 11.8 Å². The van der Waals surface area contributed by atoms with Crippen molar-refractivity contribution >= 4 is 39.5 Å². The molecule has 0 atom stereocenters. The second kappa shape index (κ2) is 6.81. The van der Waals surface area contributed by atoms with Gasteiger partial charge < -0.3 is 10.6 Å². The van der Waals surface area contributed by atoms with E-state index >= 15 is 0 Å². The molecule has 0 spiro atoms. The minimum absolute atomic E-state index is 0.197. The van der Waals surface area contributed by atoms with Crippen LogP contribution in [0.2, 0.25) is 0 Å². The van der Waals surface area contributed by atoms with E-state index in [4.69, 9.17) is 4.99 Å². The van der Waals surface area contributed by atoms with Crippen molar-refractivity contribution in [2.75, 3.05) is 17.6 Å². The highest BCUT2D eigenvalue weighted by atomic mass is 32.2. The molecule has 2 N–H and O–H groups in total. The molecular formula is C18H23N5S. The maximum atomic E-state index is 4.78. The molecule has 1 aromatic heterocycles. The number of amidine groups is 1. The fourth-order valence-corrected chi connectivity index (χ4v) is 3.20. The van der Waals surface area contributed by atoms with Gasteiger partial charge in [0.15, 0.2) is 5.17 Å². The van der Waals surface area contributed by atoms with E-state index < -0.39 is 0 Å². The predicted molar refractivity (Wildman–Crippen MR) is 105 cm³/mol. The standard InChI is InChI=1S/C18H23N5S/c1-12-11-15(13-7-5-6-8-14(13)20-12)21-16(23-18(2,3)4)22-17-19-9-10-24-17/h5-8,11H,9-10H2,1-4H3,(H2,19,20,21,22,23). The Labute approximate surface area is 147 Å². The summed E-state index contributed by atoms with van der Waals surface area (Å²) in [6.45, 7) is 9.09. The second-order valence-corrected chi connectivity index (χ2v) is 7.83. The molecule has 2 heterocycles. The number of guanidine groups is 1. The molecule has 0 fully saturated rings. The summed E-state index contributed by atoms with van der Waals surface area (Å²) >= 11 is 1.72. The zero-order valence-electron chi connectivity index (χ0n) is 14.6. The van der Waals surface area contributed by atoms with Gasteiger partial charge in [-0.3, -0.25) is 9.98 Å². The Morgan fingerprint density at radius 2 is 2.00 bits per heavy atom. The average Bonchev–Trinajstić information content (AvgIpc) is 2.98. The van der Waals surface area contributed by atoms with E-state index in [-0.39, 0.29) is 5.54 Å². The monoisotopic (exact) mass is 341 g/mol. The molecule has 1 aromatic carbocycles. The molecule has 3 rings (SSSR count). The number of aromatic nitrogens is 1. The minimum Gasteiger partial charge on any atom is -0.325 e. The first-order chi connectivity index (χ1) is 11.4. The van der Waals surface area contributed by atoms with Crippen molar-refractivity contribution in [1.82, 2.24) is 10.3 Å². The summed E-state index contributed by atoms with van der Waals surface area (Å²) in [5.74, 6) is 1.73. The lowest BCUT2D eigenvalue weighted by molar-refractivity contribution is 0.582. The van der Waals surface area contributed by atoms with Crippen LogP contribution < -0.4 is 10.6 Å². The Kier molecular flexibility index (Phi) is 4.76. The van der Waals surface area contributed by atoms with E-state index in [2.05, 4.69) is 47.4 Å². The van der Waals surface area contributed by atoms with Crippen molar-refractivity contribution < 1.29 is 0 Å². The quantitative estimate of drug-likeness (QED) is 0.612. The first kappa shape index (κ1) is 16.8. The van der Waals surface area contributed by atoms with Gasteiger partial charge in [-0.1, -0.05) is 30.0 Å². The molecule has 1 aliphatic rings. The average molecular weight is 341 g/mol. The SMILES string of the molecule is Cc1cc(NC(=NC(C)(C)C)NC2=NCCS2)c2ccccc2n1. The van der Waals surface area contributed by atoms with Crippen molar-refractivity contribution in [3.63, 3.8) is 0 Å². The van der Waals surface area contributed by atoms with Gasteiger partial charge in [0.1, 0.15) is 0 Å². The maximum Gasteiger partial charge on any atom is 0.202 e. The van der Waals surface area contributed by atoms with Crippen LogP contribution in [0.1, 0.15) is 26.5 Å². The van der Waals surface area contributed by atoms with E-state index in [0.717, 1.165) is 39.7 Å². The van der Waals surface area contributed by atoms with E-state index in [1.807, 2.05) is 31.2 Å². The lowest BCUT2D eigenvalue weighted by Crippen LogP contribution is -2.36. The molecule has 0 aliphatic carbocycles. The molecule has 6 heteroatoms. The second-order valence-electron chi connectivity index (χ2n) is 6.74. The number of nitrogens with one attached hydrogen (secondary N) is 2. The van der Waals surface area contributed by atoms with Crippen LogP contribution in [0, 0.1) is 6.92 Å². The van der Waals surface area contributed by atoms with Gasteiger partial charge in [-0.25, -0.2) is 4.99 Å². The van der Waals surface area contributed by atoms with E-state index in [1.54, 1.807) is 11.8 Å². The first-order valence-corrected chi connectivity index (χ1v) is 9.07. The maximum absolute atomic E-state index is 4.78. The van der Waals surface area contributed by atoms with Gasteiger partial charge in [0.05, 0.1) is 23.3 Å². The van der Waals surface area contributed by atoms with Crippen LogP contribution in [0.3, 0.4) is 0 Å². The van der Waals surface area contributed by atoms with Gasteiger partial charge in [-0.15, -0.1) is 0 Å². The number of aliphatic imine (C=N–C) groups is 2. The van der Waals surface area contributed by atoms with Gasteiger partial charge >= 0.3 is 0 Å². The lowest BCUT2D eigenvalue weighted by Gasteiger charge is -2.19. The Bertz CT molecular complexity index is 805. The molecule has 24 heavy (non-hydrogen) atoms. The number of hydrogen-bond acceptors (Lipinski definition) is 4. The number of fused-ring (bicyclic) bond motifs is 1. The first-order valence-electron chi connectivity index (χ1n) is 8.08. The Morgan fingerprint density at radius 1 is 1.21 bits per heavy atom.